The summed E-state index contributed by atoms with van der Waals surface area (Å²) in [7, 11) is 1.74. The van der Waals surface area contributed by atoms with Crippen LogP contribution in [0.15, 0.2) is 6.20 Å². The third-order valence-corrected chi connectivity index (χ3v) is 4.99. The molecule has 2 saturated heterocycles. The highest BCUT2D eigenvalue weighted by molar-refractivity contribution is 6.33. The average Bonchev–Trinajstić information content (AvgIpc) is 3.13. The van der Waals surface area contributed by atoms with Crippen LogP contribution in [0.25, 0.3) is 0 Å². The number of hydrogen-bond donors (Lipinski definition) is 1. The number of carbonyl (C=O) groups excluding carboxylic acids is 2. The van der Waals surface area contributed by atoms with Crippen LogP contribution in [0.4, 0.5) is 0 Å². The van der Waals surface area contributed by atoms with Crippen LogP contribution in [0.5, 0.6) is 0 Å². The van der Waals surface area contributed by atoms with Gasteiger partial charge in [0.1, 0.15) is 6.10 Å². The Labute approximate surface area is 139 Å². The lowest BCUT2D eigenvalue weighted by molar-refractivity contribution is -0.130. The highest BCUT2D eigenvalue weighted by Crippen LogP contribution is 2.32. The number of nitrogens with two attached hydrogens (primary N) is 1. The molecule has 23 heavy (non-hydrogen) atoms. The van der Waals surface area contributed by atoms with Crippen molar-refractivity contribution in [2.45, 2.75) is 37.9 Å². The number of ether oxygens (including phenoxy) is 1. The zero-order chi connectivity index (χ0) is 16.6. The van der Waals surface area contributed by atoms with Crippen LogP contribution < -0.4 is 5.73 Å². The monoisotopic (exact) mass is 340 g/mol. The van der Waals surface area contributed by atoms with Crippen LogP contribution in [0.1, 0.15) is 36.2 Å². The second-order valence-electron chi connectivity index (χ2n) is 6.27. The van der Waals surface area contributed by atoms with Gasteiger partial charge in [0.2, 0.25) is 5.91 Å². The maximum atomic E-state index is 12.5. The lowest BCUT2D eigenvalue weighted by Crippen LogP contribution is -2.42. The minimum absolute atomic E-state index is 0.0724. The van der Waals surface area contributed by atoms with Crippen molar-refractivity contribution in [3.63, 3.8) is 0 Å². The molecule has 0 aliphatic carbocycles. The van der Waals surface area contributed by atoms with E-state index >= 15 is 0 Å². The standard InChI is InChI=1S/C15H21ClN4O3/c1-19-8-10(16)13(18-19)15(22)20-6-4-9(5-7-20)11-2-3-12(23-11)14(17)21/h8-9,11-12H,2-7H2,1H3,(H2,17,21)/t11-,12+/m0/s1. The van der Waals surface area contributed by atoms with Gasteiger partial charge in [-0.05, 0) is 31.6 Å². The van der Waals surface area contributed by atoms with Gasteiger partial charge >= 0.3 is 0 Å². The number of amides is 2. The molecule has 3 rings (SSSR count). The van der Waals surface area contributed by atoms with Crippen molar-refractivity contribution in [1.82, 2.24) is 14.7 Å². The second kappa shape index (κ2) is 6.49. The fourth-order valence-corrected chi connectivity index (χ4v) is 3.71. The van der Waals surface area contributed by atoms with Crippen molar-refractivity contribution in [2.75, 3.05) is 13.1 Å². The summed E-state index contributed by atoms with van der Waals surface area (Å²) < 4.78 is 7.29. The number of primary amides is 1. The Morgan fingerprint density at radius 1 is 1.30 bits per heavy atom. The number of halogens is 1. The van der Waals surface area contributed by atoms with Crippen molar-refractivity contribution < 1.29 is 14.3 Å². The zero-order valence-electron chi connectivity index (χ0n) is 13.1. The lowest BCUT2D eigenvalue weighted by atomic mass is 9.89. The molecule has 2 N–H and O–H groups in total. The molecule has 0 saturated carbocycles. The first-order valence-electron chi connectivity index (χ1n) is 7.89. The van der Waals surface area contributed by atoms with Crippen LogP contribution in [-0.4, -0.2) is 51.8 Å². The first kappa shape index (κ1) is 16.3. The number of rotatable bonds is 3. The van der Waals surface area contributed by atoms with E-state index in [1.165, 1.54) is 0 Å². The summed E-state index contributed by atoms with van der Waals surface area (Å²) in [4.78, 5) is 25.4. The number of hydrogen-bond acceptors (Lipinski definition) is 4. The summed E-state index contributed by atoms with van der Waals surface area (Å²) in [5.74, 6) is -0.149. The Bertz CT molecular complexity index is 610. The molecular weight excluding hydrogens is 320 g/mol. The van der Waals surface area contributed by atoms with Crippen molar-refractivity contribution in [3.8, 4) is 0 Å². The molecule has 126 valence electrons. The van der Waals surface area contributed by atoms with Crippen LogP contribution in [0.3, 0.4) is 0 Å². The third kappa shape index (κ3) is 3.35. The quantitative estimate of drug-likeness (QED) is 0.887. The second-order valence-corrected chi connectivity index (χ2v) is 6.68. The van der Waals surface area contributed by atoms with Crippen LogP contribution in [0.2, 0.25) is 5.02 Å². The number of aromatic nitrogens is 2. The Morgan fingerprint density at radius 3 is 2.52 bits per heavy atom. The van der Waals surface area contributed by atoms with E-state index in [-0.39, 0.29) is 17.9 Å². The van der Waals surface area contributed by atoms with Crippen molar-refractivity contribution in [2.24, 2.45) is 18.7 Å². The molecule has 2 fully saturated rings. The first-order chi connectivity index (χ1) is 11.0. The van der Waals surface area contributed by atoms with Crippen LogP contribution >= 0.6 is 11.6 Å². The number of aryl methyl sites for hydroxylation is 1. The SMILES string of the molecule is Cn1cc(Cl)c(C(=O)N2CCC([C@@H]3CC[C@H](C(N)=O)O3)CC2)n1. The van der Waals surface area contributed by atoms with Gasteiger partial charge < -0.3 is 15.4 Å². The number of piperidine rings is 1. The van der Waals surface area contributed by atoms with E-state index in [2.05, 4.69) is 5.10 Å². The fourth-order valence-electron chi connectivity index (χ4n) is 3.45. The van der Waals surface area contributed by atoms with E-state index < -0.39 is 6.10 Å². The minimum atomic E-state index is -0.452. The molecule has 0 radical (unpaired) electrons. The predicted octanol–water partition coefficient (Wildman–Crippen LogP) is 0.959. The van der Waals surface area contributed by atoms with Gasteiger partial charge in [-0.2, -0.15) is 5.10 Å². The van der Waals surface area contributed by atoms with E-state index in [9.17, 15) is 9.59 Å². The van der Waals surface area contributed by atoms with Gasteiger partial charge in [0.05, 0.1) is 11.1 Å². The van der Waals surface area contributed by atoms with Gasteiger partial charge in [-0.15, -0.1) is 0 Å². The average molecular weight is 341 g/mol. The molecule has 0 bridgehead atoms. The van der Waals surface area contributed by atoms with Crippen molar-refractivity contribution >= 4 is 23.4 Å². The van der Waals surface area contributed by atoms with Crippen molar-refractivity contribution in [1.29, 1.82) is 0 Å². The fraction of sp³-hybridized carbons (Fsp3) is 0.667. The molecule has 0 aromatic carbocycles. The third-order valence-electron chi connectivity index (χ3n) is 4.71. The summed E-state index contributed by atoms with van der Waals surface area (Å²) in [5.41, 5.74) is 5.60. The smallest absolute Gasteiger partial charge is 0.275 e. The van der Waals surface area contributed by atoms with Gasteiger partial charge in [-0.25, -0.2) is 0 Å². The van der Waals surface area contributed by atoms with Gasteiger partial charge in [-0.1, -0.05) is 11.6 Å². The van der Waals surface area contributed by atoms with Crippen molar-refractivity contribution in [3.05, 3.63) is 16.9 Å². The molecule has 7 nitrogen and oxygen atoms in total. The Balaban J connectivity index is 1.55. The van der Waals surface area contributed by atoms with Gasteiger partial charge in [0, 0.05) is 26.3 Å². The molecule has 1 aromatic heterocycles. The Morgan fingerprint density at radius 2 is 2.00 bits per heavy atom. The molecular formula is C15H21ClN4O3. The summed E-state index contributed by atoms with van der Waals surface area (Å²) in [6, 6.07) is 0. The molecule has 2 amide bonds. The molecule has 2 aliphatic heterocycles. The van der Waals surface area contributed by atoms with Crippen LogP contribution in [-0.2, 0) is 16.6 Å². The molecule has 3 heterocycles. The summed E-state index contributed by atoms with van der Waals surface area (Å²) >= 11 is 6.04. The number of likely N-dealkylation sites (tertiary alicyclic amines) is 1. The lowest BCUT2D eigenvalue weighted by Gasteiger charge is -2.34. The number of carbonyl (C=O) groups is 2. The maximum absolute atomic E-state index is 12.5. The minimum Gasteiger partial charge on any atom is -0.367 e. The largest absolute Gasteiger partial charge is 0.367 e. The van der Waals surface area contributed by atoms with Crippen LogP contribution in [0, 0.1) is 5.92 Å². The molecule has 0 spiro atoms. The molecule has 2 atom stereocenters. The van der Waals surface area contributed by atoms with E-state index in [4.69, 9.17) is 22.1 Å². The highest BCUT2D eigenvalue weighted by Gasteiger charge is 2.36. The highest BCUT2D eigenvalue weighted by atomic mass is 35.5. The summed E-state index contributed by atoms with van der Waals surface area (Å²) in [5, 5.41) is 4.51. The zero-order valence-corrected chi connectivity index (χ0v) is 13.8. The molecule has 0 unspecified atom stereocenters. The summed E-state index contributed by atoms with van der Waals surface area (Å²) in [6.07, 6.45) is 4.51. The normalized spacial score (nSPS) is 25.7. The molecule has 2 aliphatic rings. The predicted molar refractivity (Wildman–Crippen MR) is 83.9 cm³/mol. The van der Waals surface area contributed by atoms with E-state index in [0.717, 1.165) is 19.3 Å². The van der Waals surface area contributed by atoms with E-state index in [0.29, 0.717) is 36.1 Å². The van der Waals surface area contributed by atoms with Gasteiger partial charge in [0.25, 0.3) is 5.91 Å². The van der Waals surface area contributed by atoms with E-state index in [1.54, 1.807) is 22.8 Å². The van der Waals surface area contributed by atoms with Gasteiger partial charge in [0.15, 0.2) is 5.69 Å². The Kier molecular flexibility index (Phi) is 4.59. The molecule has 8 heteroatoms. The molecule has 1 aromatic rings. The number of nitrogens with zero attached hydrogens (tertiary/aromatic N) is 3. The Hall–Kier alpha value is -1.60. The maximum Gasteiger partial charge on any atom is 0.275 e. The topological polar surface area (TPSA) is 90.5 Å². The van der Waals surface area contributed by atoms with Gasteiger partial charge in [-0.3, -0.25) is 14.3 Å². The first-order valence-corrected chi connectivity index (χ1v) is 8.26. The summed E-state index contributed by atoms with van der Waals surface area (Å²) in [6.45, 7) is 1.30. The van der Waals surface area contributed by atoms with E-state index in [1.807, 2.05) is 0 Å².